The van der Waals surface area contributed by atoms with Gasteiger partial charge in [0.05, 0.1) is 11.4 Å². The van der Waals surface area contributed by atoms with Crippen LogP contribution in [0.25, 0.3) is 12.2 Å². The predicted molar refractivity (Wildman–Crippen MR) is 124 cm³/mol. The van der Waals surface area contributed by atoms with Gasteiger partial charge in [0.15, 0.2) is 23.0 Å². The van der Waals surface area contributed by atoms with E-state index in [2.05, 4.69) is 0 Å². The first-order valence-corrected chi connectivity index (χ1v) is 9.61. The molecule has 0 unspecified atom stereocenters. The topological polar surface area (TPSA) is 70.5 Å². The lowest BCUT2D eigenvalue weighted by Gasteiger charge is -2.16. The molecule has 4 aromatic carbocycles. The number of hydrogen-bond donors (Lipinski definition) is 2. The molecule has 0 heterocycles. The van der Waals surface area contributed by atoms with Crippen molar-refractivity contribution in [1.29, 1.82) is 0 Å². The molecule has 30 heavy (non-hydrogen) atoms. The maximum Gasteiger partial charge on any atom is 0.177 e. The summed E-state index contributed by atoms with van der Waals surface area (Å²) in [6, 6.07) is 30.5. The zero-order valence-corrected chi connectivity index (χ0v) is 16.4. The van der Waals surface area contributed by atoms with Crippen molar-refractivity contribution in [3.05, 3.63) is 108 Å². The second-order valence-electron chi connectivity index (χ2n) is 6.70. The number of rotatable bonds is 6. The highest BCUT2D eigenvalue weighted by Gasteiger charge is 2.14. The lowest BCUT2D eigenvalue weighted by molar-refractivity contribution is 0.420. The van der Waals surface area contributed by atoms with Gasteiger partial charge in [0.25, 0.3) is 0 Å². The number of nitrogen functional groups attached to an aromatic ring is 2. The normalized spacial score (nSPS) is 10.8. The van der Waals surface area contributed by atoms with Crippen LogP contribution in [0.15, 0.2) is 97.1 Å². The molecule has 0 aliphatic rings. The molecule has 4 N–H and O–H groups in total. The van der Waals surface area contributed by atoms with Gasteiger partial charge in [-0.3, -0.25) is 0 Å². The minimum atomic E-state index is 0.546. The molecule has 4 heteroatoms. The fraction of sp³-hybridized carbons (Fsp3) is 0. The van der Waals surface area contributed by atoms with Crippen molar-refractivity contribution in [2.75, 3.05) is 11.5 Å². The lowest BCUT2D eigenvalue weighted by atomic mass is 10.1. The molecule has 0 saturated heterocycles. The van der Waals surface area contributed by atoms with Crippen molar-refractivity contribution in [3.63, 3.8) is 0 Å². The molecular weight excluding hydrogens is 372 g/mol. The summed E-state index contributed by atoms with van der Waals surface area (Å²) in [5, 5.41) is 0. The van der Waals surface area contributed by atoms with Crippen LogP contribution in [0, 0.1) is 0 Å². The molecule has 148 valence electrons. The van der Waals surface area contributed by atoms with Crippen LogP contribution in [0.5, 0.6) is 23.0 Å². The Hall–Kier alpha value is -4.18. The highest BCUT2D eigenvalue weighted by atomic mass is 16.5. The molecule has 4 aromatic rings. The van der Waals surface area contributed by atoms with Gasteiger partial charge in [-0.1, -0.05) is 78.9 Å². The maximum absolute atomic E-state index is 6.23. The highest BCUT2D eigenvalue weighted by Crippen LogP contribution is 2.41. The minimum Gasteiger partial charge on any atom is -0.451 e. The second kappa shape index (κ2) is 8.88. The van der Waals surface area contributed by atoms with E-state index in [0.29, 0.717) is 34.4 Å². The number of nitrogens with two attached hydrogens (primary N) is 2. The van der Waals surface area contributed by atoms with Gasteiger partial charge in [0.2, 0.25) is 0 Å². The molecule has 0 saturated carbocycles. The monoisotopic (exact) mass is 394 g/mol. The Balaban J connectivity index is 1.76. The molecule has 0 aromatic heterocycles. The molecule has 0 bridgehead atoms. The van der Waals surface area contributed by atoms with Crippen LogP contribution in [0.1, 0.15) is 11.1 Å². The van der Waals surface area contributed by atoms with E-state index in [9.17, 15) is 0 Å². The van der Waals surface area contributed by atoms with E-state index in [0.717, 1.165) is 11.1 Å². The van der Waals surface area contributed by atoms with Crippen molar-refractivity contribution < 1.29 is 9.47 Å². The van der Waals surface area contributed by atoms with Crippen molar-refractivity contribution in [3.8, 4) is 23.0 Å². The Bertz CT molecular complexity index is 1170. The Labute approximate surface area is 176 Å². The molecule has 0 atom stereocenters. The summed E-state index contributed by atoms with van der Waals surface area (Å²) in [4.78, 5) is 0. The van der Waals surface area contributed by atoms with Gasteiger partial charge in [-0.05, 0) is 35.9 Å². The Morgan fingerprint density at radius 2 is 1.07 bits per heavy atom. The van der Waals surface area contributed by atoms with Crippen molar-refractivity contribution in [1.82, 2.24) is 0 Å². The molecule has 0 fully saturated rings. The smallest absolute Gasteiger partial charge is 0.177 e. The average Bonchev–Trinajstić information content (AvgIpc) is 2.77. The third-order valence-electron chi connectivity index (χ3n) is 4.53. The van der Waals surface area contributed by atoms with Crippen LogP contribution < -0.4 is 20.9 Å². The molecule has 0 aliphatic carbocycles. The first kappa shape index (κ1) is 19.2. The third kappa shape index (κ3) is 4.45. The first-order valence-electron chi connectivity index (χ1n) is 9.61. The van der Waals surface area contributed by atoms with Crippen molar-refractivity contribution in [2.24, 2.45) is 0 Å². The fourth-order valence-corrected chi connectivity index (χ4v) is 2.98. The number of para-hydroxylation sites is 5. The third-order valence-corrected chi connectivity index (χ3v) is 4.53. The van der Waals surface area contributed by atoms with Crippen LogP contribution in [-0.2, 0) is 0 Å². The molecule has 0 amide bonds. The van der Waals surface area contributed by atoms with Crippen LogP contribution in [-0.4, -0.2) is 0 Å². The largest absolute Gasteiger partial charge is 0.451 e. The van der Waals surface area contributed by atoms with Gasteiger partial charge in [-0.25, -0.2) is 0 Å². The summed E-state index contributed by atoms with van der Waals surface area (Å²) >= 11 is 0. The number of ether oxygens (including phenoxy) is 2. The zero-order chi connectivity index (χ0) is 20.8. The number of hydrogen-bond acceptors (Lipinski definition) is 4. The number of anilines is 2. The predicted octanol–water partition coefficient (Wildman–Crippen LogP) is 6.61. The lowest BCUT2D eigenvalue weighted by Crippen LogP contribution is -1.97. The standard InChI is InChI=1S/C26H22N2O2/c27-21-12-4-6-14-23(21)29-25-16-8-11-20(18-17-19-9-2-1-3-10-19)26(25)30-24-15-7-5-13-22(24)28/h1-18H,27-28H2. The summed E-state index contributed by atoms with van der Waals surface area (Å²) in [6.45, 7) is 0. The van der Waals surface area contributed by atoms with Gasteiger partial charge in [-0.2, -0.15) is 0 Å². The molecular formula is C26H22N2O2. The summed E-state index contributed by atoms with van der Waals surface area (Å²) in [7, 11) is 0. The van der Waals surface area contributed by atoms with E-state index in [1.165, 1.54) is 0 Å². The van der Waals surface area contributed by atoms with Crippen LogP contribution in [0.4, 0.5) is 11.4 Å². The van der Waals surface area contributed by atoms with Gasteiger partial charge in [0.1, 0.15) is 0 Å². The minimum absolute atomic E-state index is 0.546. The van der Waals surface area contributed by atoms with Gasteiger partial charge in [0, 0.05) is 5.56 Å². The first-order chi connectivity index (χ1) is 14.7. The number of benzene rings is 4. The fourth-order valence-electron chi connectivity index (χ4n) is 2.98. The summed E-state index contributed by atoms with van der Waals surface area (Å²) in [5.74, 6) is 2.23. The van der Waals surface area contributed by atoms with E-state index in [1.807, 2.05) is 97.1 Å². The Kier molecular flexibility index (Phi) is 5.67. The van der Waals surface area contributed by atoms with Gasteiger partial charge < -0.3 is 20.9 Å². The molecule has 4 nitrogen and oxygen atoms in total. The molecule has 0 aliphatic heterocycles. The van der Waals surface area contributed by atoms with E-state index >= 15 is 0 Å². The Morgan fingerprint density at radius 3 is 1.73 bits per heavy atom. The van der Waals surface area contributed by atoms with E-state index < -0.39 is 0 Å². The molecule has 0 spiro atoms. The van der Waals surface area contributed by atoms with Crippen molar-refractivity contribution >= 4 is 23.5 Å². The van der Waals surface area contributed by atoms with E-state index in [4.69, 9.17) is 20.9 Å². The van der Waals surface area contributed by atoms with E-state index in [-0.39, 0.29) is 0 Å². The van der Waals surface area contributed by atoms with E-state index in [1.54, 1.807) is 12.1 Å². The SMILES string of the molecule is Nc1ccccc1Oc1cccc(C=Cc2ccccc2)c1Oc1ccccc1N. The second-order valence-corrected chi connectivity index (χ2v) is 6.70. The van der Waals surface area contributed by atoms with Gasteiger partial charge in [-0.15, -0.1) is 0 Å². The quantitative estimate of drug-likeness (QED) is 0.285. The summed E-state index contributed by atoms with van der Waals surface area (Å²) < 4.78 is 12.4. The summed E-state index contributed by atoms with van der Waals surface area (Å²) in [5.41, 5.74) is 15.2. The van der Waals surface area contributed by atoms with Crippen LogP contribution in [0.2, 0.25) is 0 Å². The van der Waals surface area contributed by atoms with Crippen molar-refractivity contribution in [2.45, 2.75) is 0 Å². The highest BCUT2D eigenvalue weighted by molar-refractivity contribution is 5.75. The molecule has 4 rings (SSSR count). The Morgan fingerprint density at radius 1 is 0.500 bits per heavy atom. The van der Waals surface area contributed by atoms with Gasteiger partial charge >= 0.3 is 0 Å². The van der Waals surface area contributed by atoms with Crippen LogP contribution >= 0.6 is 0 Å². The maximum atomic E-state index is 6.23. The molecule has 0 radical (unpaired) electrons. The zero-order valence-electron chi connectivity index (χ0n) is 16.4. The van der Waals surface area contributed by atoms with Crippen LogP contribution in [0.3, 0.4) is 0 Å². The summed E-state index contributed by atoms with van der Waals surface area (Å²) in [6.07, 6.45) is 4.02. The average molecular weight is 394 g/mol.